The summed E-state index contributed by atoms with van der Waals surface area (Å²) in [6.45, 7) is 7.77. The van der Waals surface area contributed by atoms with E-state index in [4.69, 9.17) is 11.6 Å². The quantitative estimate of drug-likeness (QED) is 0.764. The van der Waals surface area contributed by atoms with Crippen LogP contribution in [0.2, 0.25) is 5.02 Å². The van der Waals surface area contributed by atoms with Crippen LogP contribution in [0.25, 0.3) is 11.8 Å². The molecule has 0 amide bonds. The van der Waals surface area contributed by atoms with Crippen molar-refractivity contribution in [1.29, 1.82) is 0 Å². The van der Waals surface area contributed by atoms with Crippen molar-refractivity contribution in [3.63, 3.8) is 0 Å². The molecule has 1 aromatic carbocycles. The first kappa shape index (κ1) is 13.9. The van der Waals surface area contributed by atoms with Gasteiger partial charge in [-0.2, -0.15) is 0 Å². The van der Waals surface area contributed by atoms with E-state index in [0.717, 1.165) is 29.1 Å². The first-order valence-electron chi connectivity index (χ1n) is 7.11. The third-order valence-electron chi connectivity index (χ3n) is 4.39. The molecular weight excluding hydrogens is 286 g/mol. The number of rotatable bonds is 3. The maximum atomic E-state index is 6.50. The fourth-order valence-electron chi connectivity index (χ4n) is 3.08. The summed E-state index contributed by atoms with van der Waals surface area (Å²) < 4.78 is 2.37. The van der Waals surface area contributed by atoms with Crippen molar-refractivity contribution >= 4 is 34.7 Å². The van der Waals surface area contributed by atoms with E-state index in [1.165, 1.54) is 21.0 Å². The van der Waals surface area contributed by atoms with Crippen LogP contribution >= 0.6 is 22.9 Å². The van der Waals surface area contributed by atoms with E-state index in [-0.39, 0.29) is 0 Å². The number of thiophene rings is 1. The number of hydrogen-bond donors (Lipinski definition) is 0. The molecule has 2 aromatic rings. The van der Waals surface area contributed by atoms with Crippen LogP contribution in [0, 0.1) is 0 Å². The van der Waals surface area contributed by atoms with E-state index in [2.05, 4.69) is 43.5 Å². The van der Waals surface area contributed by atoms with Gasteiger partial charge in [-0.15, -0.1) is 11.3 Å². The van der Waals surface area contributed by atoms with Crippen LogP contribution in [0.5, 0.6) is 0 Å². The van der Waals surface area contributed by atoms with Gasteiger partial charge in [0, 0.05) is 5.22 Å². The average Bonchev–Trinajstić information content (AvgIpc) is 2.95. The monoisotopic (exact) mass is 304 g/mol. The van der Waals surface area contributed by atoms with Crippen LogP contribution < -0.4 is 9.75 Å². The molecule has 1 aromatic heterocycles. The molecule has 0 spiro atoms. The normalized spacial score (nSPS) is 16.6. The van der Waals surface area contributed by atoms with Crippen molar-refractivity contribution in [3.8, 4) is 0 Å². The molecule has 1 aliphatic rings. The van der Waals surface area contributed by atoms with Crippen molar-refractivity contribution in [1.82, 2.24) is 0 Å². The Hall–Kier alpha value is -1.09. The van der Waals surface area contributed by atoms with Crippen LogP contribution in [0.4, 0.5) is 0 Å². The molecule has 1 aliphatic heterocycles. The van der Waals surface area contributed by atoms with Gasteiger partial charge in [0.15, 0.2) is 5.70 Å². The zero-order valence-corrected chi connectivity index (χ0v) is 13.5. The number of hydrogen-bond acceptors (Lipinski definition) is 1. The molecule has 0 saturated heterocycles. The first-order chi connectivity index (χ1) is 9.72. The predicted octanol–water partition coefficient (Wildman–Crippen LogP) is 3.21. The van der Waals surface area contributed by atoms with Gasteiger partial charge in [0.05, 0.1) is 28.2 Å². The molecule has 3 heteroatoms. The second-order valence-corrected chi connectivity index (χ2v) is 6.52. The predicted molar refractivity (Wildman–Crippen MR) is 88.2 cm³/mol. The smallest absolute Gasteiger partial charge is 0.159 e. The van der Waals surface area contributed by atoms with Crippen molar-refractivity contribution in [3.05, 3.63) is 56.0 Å². The minimum atomic E-state index is 0.855. The molecule has 0 radical (unpaired) electrons. The number of fused-ring (bicyclic) bond motifs is 1. The molecule has 0 fully saturated rings. The summed E-state index contributed by atoms with van der Waals surface area (Å²) in [6, 6.07) is 10.5. The van der Waals surface area contributed by atoms with Crippen LogP contribution in [0.1, 0.15) is 19.4 Å². The summed E-state index contributed by atoms with van der Waals surface area (Å²) in [6.07, 6.45) is 2.37. The highest BCUT2D eigenvalue weighted by Crippen LogP contribution is 2.31. The number of nitrogens with zero attached hydrogens (tertiary/aromatic N) is 1. The summed E-state index contributed by atoms with van der Waals surface area (Å²) in [7, 11) is 0. The summed E-state index contributed by atoms with van der Waals surface area (Å²) in [5.74, 6) is 0. The van der Waals surface area contributed by atoms with Gasteiger partial charge in [-0.05, 0) is 43.5 Å². The van der Waals surface area contributed by atoms with Crippen molar-refractivity contribution in [2.45, 2.75) is 13.8 Å². The van der Waals surface area contributed by atoms with E-state index in [0.29, 0.717) is 0 Å². The lowest BCUT2D eigenvalue weighted by molar-refractivity contribution is -0.848. The van der Waals surface area contributed by atoms with Gasteiger partial charge in [0.25, 0.3) is 0 Å². The van der Waals surface area contributed by atoms with E-state index < -0.39 is 0 Å². The van der Waals surface area contributed by atoms with Gasteiger partial charge in [0.2, 0.25) is 0 Å². The van der Waals surface area contributed by atoms with Crippen LogP contribution in [-0.2, 0) is 0 Å². The Kier molecular flexibility index (Phi) is 3.72. The van der Waals surface area contributed by atoms with Gasteiger partial charge < -0.3 is 0 Å². The lowest BCUT2D eigenvalue weighted by Gasteiger charge is -2.39. The minimum absolute atomic E-state index is 0.855. The summed E-state index contributed by atoms with van der Waals surface area (Å²) in [5.41, 5.74) is 2.59. The Morgan fingerprint density at radius 3 is 2.60 bits per heavy atom. The topological polar surface area (TPSA) is 0 Å². The molecule has 2 heterocycles. The van der Waals surface area contributed by atoms with E-state index in [1.54, 1.807) is 0 Å². The van der Waals surface area contributed by atoms with Gasteiger partial charge in [-0.1, -0.05) is 23.7 Å². The van der Waals surface area contributed by atoms with Crippen LogP contribution in [-0.4, -0.2) is 24.1 Å². The molecule has 0 N–H and O–H groups in total. The fraction of sp³-hybridized carbons (Fsp3) is 0.294. The SMILES string of the molecule is CC[N+]1(CC)CC=c2ccsc2=C1c1ccccc1Cl. The van der Waals surface area contributed by atoms with Gasteiger partial charge in [0.1, 0.15) is 6.54 Å². The Labute approximate surface area is 129 Å². The van der Waals surface area contributed by atoms with Crippen LogP contribution in [0.15, 0.2) is 35.7 Å². The molecule has 104 valence electrons. The first-order valence-corrected chi connectivity index (χ1v) is 8.37. The Morgan fingerprint density at radius 2 is 1.90 bits per heavy atom. The Morgan fingerprint density at radius 1 is 1.15 bits per heavy atom. The lowest BCUT2D eigenvalue weighted by atomic mass is 10.0. The third kappa shape index (κ3) is 2.03. The highest BCUT2D eigenvalue weighted by molar-refractivity contribution is 7.07. The molecule has 0 saturated carbocycles. The summed E-state index contributed by atoms with van der Waals surface area (Å²) >= 11 is 8.32. The molecule has 0 atom stereocenters. The molecule has 3 rings (SSSR count). The zero-order valence-electron chi connectivity index (χ0n) is 11.9. The number of halogens is 1. The summed E-state index contributed by atoms with van der Waals surface area (Å²) in [4.78, 5) is 0. The lowest BCUT2D eigenvalue weighted by Crippen LogP contribution is -2.53. The minimum Gasteiger partial charge on any atom is -0.286 e. The standard InChI is InChI=1S/C17H19ClNS/c1-3-19(4-2)11-9-13-10-12-20-17(13)16(19)14-7-5-6-8-15(14)18/h5-10,12H,3-4,11H2,1-2H3/q+1. The second-order valence-electron chi connectivity index (χ2n) is 5.20. The van der Waals surface area contributed by atoms with Crippen molar-refractivity contribution < 1.29 is 4.48 Å². The molecule has 1 nitrogen and oxygen atoms in total. The van der Waals surface area contributed by atoms with E-state index >= 15 is 0 Å². The Bertz CT molecular complexity index is 740. The fourth-order valence-corrected chi connectivity index (χ4v) is 4.36. The maximum absolute atomic E-state index is 6.50. The zero-order chi connectivity index (χ0) is 14.2. The third-order valence-corrected chi connectivity index (χ3v) is 5.65. The van der Waals surface area contributed by atoms with Gasteiger partial charge >= 0.3 is 0 Å². The second kappa shape index (κ2) is 5.36. The number of quaternary nitrogens is 1. The highest BCUT2D eigenvalue weighted by Gasteiger charge is 2.33. The van der Waals surface area contributed by atoms with Crippen molar-refractivity contribution in [2.75, 3.05) is 19.6 Å². The van der Waals surface area contributed by atoms with E-state index in [1.807, 2.05) is 23.5 Å². The van der Waals surface area contributed by atoms with Gasteiger partial charge in [-0.3, -0.25) is 4.48 Å². The number of benzene rings is 1. The van der Waals surface area contributed by atoms with Crippen molar-refractivity contribution in [2.24, 2.45) is 0 Å². The molecule has 0 unspecified atom stereocenters. The molecule has 0 bridgehead atoms. The Balaban J connectivity index is 2.40. The summed E-state index contributed by atoms with van der Waals surface area (Å²) in [5, 5.41) is 4.40. The average molecular weight is 305 g/mol. The van der Waals surface area contributed by atoms with E-state index in [9.17, 15) is 0 Å². The highest BCUT2D eigenvalue weighted by atomic mass is 35.5. The maximum Gasteiger partial charge on any atom is 0.159 e. The largest absolute Gasteiger partial charge is 0.286 e. The molecule has 20 heavy (non-hydrogen) atoms. The van der Waals surface area contributed by atoms with Crippen LogP contribution in [0.3, 0.4) is 0 Å². The molecular formula is C17H19ClNS+. The molecule has 0 aliphatic carbocycles. The van der Waals surface area contributed by atoms with Gasteiger partial charge in [-0.25, -0.2) is 0 Å².